The summed E-state index contributed by atoms with van der Waals surface area (Å²) >= 11 is 5.85. The summed E-state index contributed by atoms with van der Waals surface area (Å²) in [5.74, 6) is -0.278. The third-order valence-corrected chi connectivity index (χ3v) is 7.85. The maximum absolute atomic E-state index is 12.8. The number of benzene rings is 2. The number of nitrogens with one attached hydrogen (secondary N) is 1. The Balaban J connectivity index is 1.36. The third-order valence-electron chi connectivity index (χ3n) is 5.69. The molecule has 3 aromatic rings. The predicted octanol–water partition coefficient (Wildman–Crippen LogP) is 4.05. The molecule has 4 rings (SSSR count). The highest BCUT2D eigenvalue weighted by Crippen LogP contribution is 2.27. The fourth-order valence-corrected chi connectivity index (χ4v) is 5.18. The van der Waals surface area contributed by atoms with Crippen LogP contribution in [-0.4, -0.2) is 41.9 Å². The average molecular weight is 475 g/mol. The maximum atomic E-state index is 12.8. The fourth-order valence-electron chi connectivity index (χ4n) is 3.59. The molecule has 168 valence electrons. The summed E-state index contributed by atoms with van der Waals surface area (Å²) in [6.45, 7) is 4.52. The molecule has 8 nitrogen and oxygen atoms in total. The summed E-state index contributed by atoms with van der Waals surface area (Å²) in [7, 11) is -3.62. The lowest BCUT2D eigenvalue weighted by atomic mass is 9.97. The zero-order valence-corrected chi connectivity index (χ0v) is 19.3. The van der Waals surface area contributed by atoms with Gasteiger partial charge in [0.2, 0.25) is 21.8 Å². The molecule has 0 bridgehead atoms. The number of piperidine rings is 1. The molecule has 0 atom stereocenters. The molecule has 0 aliphatic carbocycles. The van der Waals surface area contributed by atoms with Crippen LogP contribution in [0.2, 0.25) is 5.02 Å². The summed E-state index contributed by atoms with van der Waals surface area (Å²) in [5.41, 5.74) is 3.04. The Morgan fingerprint density at radius 1 is 1.06 bits per heavy atom. The predicted molar refractivity (Wildman–Crippen MR) is 121 cm³/mol. The van der Waals surface area contributed by atoms with Crippen LogP contribution in [0.3, 0.4) is 0 Å². The number of anilines is 1. The number of nitrogens with zero attached hydrogens (tertiary/aromatic N) is 3. The van der Waals surface area contributed by atoms with Gasteiger partial charge in [0.15, 0.2) is 0 Å². The van der Waals surface area contributed by atoms with Crippen molar-refractivity contribution in [1.82, 2.24) is 14.5 Å². The minimum Gasteiger partial charge on any atom is -0.403 e. The number of aryl methyl sites for hydroxylation is 2. The van der Waals surface area contributed by atoms with E-state index in [1.54, 1.807) is 12.1 Å². The van der Waals surface area contributed by atoms with E-state index in [1.165, 1.54) is 16.4 Å². The normalized spacial score (nSPS) is 15.6. The van der Waals surface area contributed by atoms with Crippen molar-refractivity contribution in [3.63, 3.8) is 0 Å². The first kappa shape index (κ1) is 22.4. The van der Waals surface area contributed by atoms with Gasteiger partial charge < -0.3 is 4.42 Å². The van der Waals surface area contributed by atoms with Gasteiger partial charge in [-0.05, 0) is 74.2 Å². The summed E-state index contributed by atoms with van der Waals surface area (Å²) in [4.78, 5) is 12.8. The lowest BCUT2D eigenvalue weighted by Crippen LogP contribution is -2.41. The van der Waals surface area contributed by atoms with E-state index in [-0.39, 0.29) is 35.8 Å². The van der Waals surface area contributed by atoms with E-state index in [4.69, 9.17) is 16.0 Å². The molecule has 1 amide bonds. The van der Waals surface area contributed by atoms with E-state index in [0.717, 1.165) is 16.7 Å². The Morgan fingerprint density at radius 2 is 1.75 bits per heavy atom. The number of amides is 1. The first-order chi connectivity index (χ1) is 15.2. The molecule has 10 heteroatoms. The molecule has 0 saturated carbocycles. The van der Waals surface area contributed by atoms with Crippen LogP contribution >= 0.6 is 11.6 Å². The van der Waals surface area contributed by atoms with Crippen LogP contribution in [0.5, 0.6) is 0 Å². The highest BCUT2D eigenvalue weighted by Gasteiger charge is 2.32. The van der Waals surface area contributed by atoms with Gasteiger partial charge in [-0.1, -0.05) is 22.8 Å². The summed E-state index contributed by atoms with van der Waals surface area (Å²) in [5, 5.41) is 11.1. The third kappa shape index (κ3) is 4.69. The number of halogens is 1. The van der Waals surface area contributed by atoms with Crippen LogP contribution in [0.15, 0.2) is 51.8 Å². The summed E-state index contributed by atoms with van der Waals surface area (Å²) < 4.78 is 32.6. The molecule has 0 spiro atoms. The van der Waals surface area contributed by atoms with Gasteiger partial charge in [0, 0.05) is 29.6 Å². The molecule has 1 aliphatic rings. The van der Waals surface area contributed by atoms with Crippen molar-refractivity contribution in [2.75, 3.05) is 18.4 Å². The number of carbonyl (C=O) groups is 1. The van der Waals surface area contributed by atoms with Crippen LogP contribution in [0.4, 0.5) is 6.01 Å². The van der Waals surface area contributed by atoms with Gasteiger partial charge in [-0.25, -0.2) is 8.42 Å². The average Bonchev–Trinajstić information content (AvgIpc) is 3.24. The van der Waals surface area contributed by atoms with Crippen molar-refractivity contribution in [2.24, 2.45) is 5.92 Å². The van der Waals surface area contributed by atoms with E-state index >= 15 is 0 Å². The Kier molecular flexibility index (Phi) is 6.32. The van der Waals surface area contributed by atoms with Gasteiger partial charge in [-0.15, -0.1) is 5.10 Å². The van der Waals surface area contributed by atoms with E-state index in [0.29, 0.717) is 23.8 Å². The SMILES string of the molecule is Cc1ccc(-c2nnc(NC(=O)C3CCN(S(=O)(=O)c4ccc(Cl)cc4)CC3)o2)cc1C. The first-order valence-corrected chi connectivity index (χ1v) is 12.0. The number of rotatable bonds is 5. The van der Waals surface area contributed by atoms with E-state index in [1.807, 2.05) is 32.0 Å². The number of carbonyl (C=O) groups excluding carboxylic acids is 1. The highest BCUT2D eigenvalue weighted by atomic mass is 35.5. The van der Waals surface area contributed by atoms with Crippen LogP contribution in [-0.2, 0) is 14.8 Å². The molecule has 1 saturated heterocycles. The Hall–Kier alpha value is -2.75. The van der Waals surface area contributed by atoms with Crippen LogP contribution in [0, 0.1) is 19.8 Å². The molecule has 2 aromatic carbocycles. The molecule has 0 radical (unpaired) electrons. The highest BCUT2D eigenvalue weighted by molar-refractivity contribution is 7.89. The molecule has 2 heterocycles. The van der Waals surface area contributed by atoms with E-state index in [9.17, 15) is 13.2 Å². The number of aromatic nitrogens is 2. The summed E-state index contributed by atoms with van der Waals surface area (Å²) in [6.07, 6.45) is 0.799. The molecule has 0 unspecified atom stereocenters. The van der Waals surface area contributed by atoms with Crippen molar-refractivity contribution in [3.8, 4) is 11.5 Å². The second-order valence-electron chi connectivity index (χ2n) is 7.83. The molecular weight excluding hydrogens is 452 g/mol. The van der Waals surface area contributed by atoms with Crippen molar-refractivity contribution in [3.05, 3.63) is 58.6 Å². The van der Waals surface area contributed by atoms with Crippen molar-refractivity contribution < 1.29 is 17.6 Å². The van der Waals surface area contributed by atoms with Crippen molar-refractivity contribution >= 4 is 33.5 Å². The van der Waals surface area contributed by atoms with Gasteiger partial charge in [0.1, 0.15) is 0 Å². The Labute approximate surface area is 191 Å². The van der Waals surface area contributed by atoms with Crippen LogP contribution in [0.25, 0.3) is 11.5 Å². The minimum atomic E-state index is -3.62. The standard InChI is InChI=1S/C22H23ClN4O4S/c1-14-3-4-17(13-15(14)2)21-25-26-22(31-21)24-20(28)16-9-11-27(12-10-16)32(29,30)19-7-5-18(23)6-8-19/h3-8,13,16H,9-12H2,1-2H3,(H,24,26,28). The lowest BCUT2D eigenvalue weighted by Gasteiger charge is -2.30. The number of hydrogen-bond acceptors (Lipinski definition) is 6. The van der Waals surface area contributed by atoms with E-state index < -0.39 is 10.0 Å². The second-order valence-corrected chi connectivity index (χ2v) is 10.2. The lowest BCUT2D eigenvalue weighted by molar-refractivity contribution is -0.121. The van der Waals surface area contributed by atoms with Gasteiger partial charge >= 0.3 is 6.01 Å². The quantitative estimate of drug-likeness (QED) is 0.598. The largest absolute Gasteiger partial charge is 0.403 e. The Bertz CT molecular complexity index is 1230. The van der Waals surface area contributed by atoms with Gasteiger partial charge in [0.05, 0.1) is 4.90 Å². The molecule has 1 fully saturated rings. The zero-order valence-electron chi connectivity index (χ0n) is 17.7. The number of hydrogen-bond donors (Lipinski definition) is 1. The minimum absolute atomic E-state index is 0.0273. The molecular formula is C22H23ClN4O4S. The maximum Gasteiger partial charge on any atom is 0.322 e. The second kappa shape index (κ2) is 9.01. The molecule has 1 aromatic heterocycles. The monoisotopic (exact) mass is 474 g/mol. The zero-order chi connectivity index (χ0) is 22.9. The van der Waals surface area contributed by atoms with E-state index in [2.05, 4.69) is 15.5 Å². The van der Waals surface area contributed by atoms with Crippen molar-refractivity contribution in [2.45, 2.75) is 31.6 Å². The molecule has 32 heavy (non-hydrogen) atoms. The fraction of sp³-hybridized carbons (Fsp3) is 0.318. The smallest absolute Gasteiger partial charge is 0.322 e. The Morgan fingerprint density at radius 3 is 2.41 bits per heavy atom. The first-order valence-electron chi connectivity index (χ1n) is 10.2. The van der Waals surface area contributed by atoms with Crippen LogP contribution < -0.4 is 5.32 Å². The van der Waals surface area contributed by atoms with Gasteiger partial charge in [-0.2, -0.15) is 4.31 Å². The van der Waals surface area contributed by atoms with Crippen molar-refractivity contribution in [1.29, 1.82) is 0 Å². The summed E-state index contributed by atoms with van der Waals surface area (Å²) in [6, 6.07) is 11.9. The topological polar surface area (TPSA) is 105 Å². The molecule has 1 aliphatic heterocycles. The van der Waals surface area contributed by atoms with Crippen LogP contribution in [0.1, 0.15) is 24.0 Å². The van der Waals surface area contributed by atoms with Gasteiger partial charge in [-0.3, -0.25) is 10.1 Å². The number of sulfonamides is 1. The molecule has 1 N–H and O–H groups in total. The van der Waals surface area contributed by atoms with Gasteiger partial charge in [0.25, 0.3) is 0 Å².